The van der Waals surface area contributed by atoms with Crippen LogP contribution in [0.25, 0.3) is 0 Å². The van der Waals surface area contributed by atoms with E-state index in [1.54, 1.807) is 12.1 Å². The molecule has 3 heteroatoms. The number of nitrogens with one attached hydrogen (secondary N) is 1. The molecule has 86 valence electrons. The van der Waals surface area contributed by atoms with Crippen molar-refractivity contribution in [3.63, 3.8) is 0 Å². The number of aryl methyl sites for hydroxylation is 1. The lowest BCUT2D eigenvalue weighted by molar-refractivity contribution is -0.118. The van der Waals surface area contributed by atoms with E-state index < -0.39 is 0 Å². The molecule has 0 radical (unpaired) electrons. The van der Waals surface area contributed by atoms with Crippen molar-refractivity contribution in [1.82, 2.24) is 5.32 Å². The highest BCUT2D eigenvalue weighted by Crippen LogP contribution is 2.02. The highest BCUT2D eigenvalue weighted by Gasteiger charge is 2.05. The fourth-order valence-electron chi connectivity index (χ4n) is 1.30. The van der Waals surface area contributed by atoms with Gasteiger partial charge in [0.1, 0.15) is 5.78 Å². The van der Waals surface area contributed by atoms with Crippen LogP contribution in [0.15, 0.2) is 24.3 Å². The molecule has 0 heterocycles. The van der Waals surface area contributed by atoms with Gasteiger partial charge in [-0.3, -0.25) is 9.59 Å². The Morgan fingerprint density at radius 1 is 1.19 bits per heavy atom. The summed E-state index contributed by atoms with van der Waals surface area (Å²) in [4.78, 5) is 22.6. The van der Waals surface area contributed by atoms with Gasteiger partial charge in [-0.15, -0.1) is 0 Å². The minimum absolute atomic E-state index is 0.121. The number of hydrogen-bond donors (Lipinski definition) is 1. The van der Waals surface area contributed by atoms with Crippen LogP contribution in [-0.4, -0.2) is 18.2 Å². The summed E-state index contributed by atoms with van der Waals surface area (Å²) in [6.45, 7) is 4.21. The van der Waals surface area contributed by atoms with Gasteiger partial charge in [0, 0.05) is 24.9 Å². The van der Waals surface area contributed by atoms with Gasteiger partial charge in [-0.25, -0.2) is 0 Å². The molecule has 1 aromatic carbocycles. The van der Waals surface area contributed by atoms with Crippen molar-refractivity contribution < 1.29 is 9.59 Å². The molecular formula is C13H17NO2. The zero-order chi connectivity index (χ0) is 12.0. The van der Waals surface area contributed by atoms with Gasteiger partial charge in [0.2, 0.25) is 0 Å². The van der Waals surface area contributed by atoms with Crippen LogP contribution in [0, 0.1) is 6.92 Å². The minimum Gasteiger partial charge on any atom is -0.352 e. The van der Waals surface area contributed by atoms with Crippen molar-refractivity contribution in [1.29, 1.82) is 0 Å². The molecule has 1 N–H and O–H groups in total. The van der Waals surface area contributed by atoms with Gasteiger partial charge < -0.3 is 5.32 Å². The molecule has 0 aromatic heterocycles. The van der Waals surface area contributed by atoms with Crippen molar-refractivity contribution in [3.8, 4) is 0 Å². The molecule has 16 heavy (non-hydrogen) atoms. The van der Waals surface area contributed by atoms with Crippen LogP contribution in [0.2, 0.25) is 0 Å². The lowest BCUT2D eigenvalue weighted by Gasteiger charge is -2.04. The number of carbonyl (C=O) groups is 2. The van der Waals surface area contributed by atoms with E-state index in [9.17, 15) is 9.59 Å². The first kappa shape index (κ1) is 12.4. The standard InChI is InChI=1S/C13H17NO2/c1-3-12(15)8-9-14-13(16)11-6-4-10(2)5-7-11/h4-7H,3,8-9H2,1-2H3,(H,14,16). The third-order valence-corrected chi connectivity index (χ3v) is 2.40. The Labute approximate surface area is 95.9 Å². The van der Waals surface area contributed by atoms with E-state index in [0.717, 1.165) is 5.56 Å². The van der Waals surface area contributed by atoms with Gasteiger partial charge in [0.25, 0.3) is 5.91 Å². The molecule has 0 bridgehead atoms. The summed E-state index contributed by atoms with van der Waals surface area (Å²) in [7, 11) is 0. The molecule has 0 aliphatic carbocycles. The number of ketones is 1. The SMILES string of the molecule is CCC(=O)CCNC(=O)c1ccc(C)cc1. The number of amides is 1. The number of Topliss-reactive ketones (excluding diaryl/α,β-unsaturated/α-hetero) is 1. The predicted octanol–water partition coefficient (Wildman–Crippen LogP) is 2.09. The van der Waals surface area contributed by atoms with E-state index in [0.29, 0.717) is 24.9 Å². The Hall–Kier alpha value is -1.64. The van der Waals surface area contributed by atoms with Crippen molar-refractivity contribution in [3.05, 3.63) is 35.4 Å². The smallest absolute Gasteiger partial charge is 0.251 e. The summed E-state index contributed by atoms with van der Waals surface area (Å²) in [5.41, 5.74) is 1.76. The van der Waals surface area contributed by atoms with E-state index in [-0.39, 0.29) is 11.7 Å². The van der Waals surface area contributed by atoms with Crippen molar-refractivity contribution in [2.45, 2.75) is 26.7 Å². The zero-order valence-electron chi connectivity index (χ0n) is 9.75. The number of carbonyl (C=O) groups excluding carboxylic acids is 2. The molecular weight excluding hydrogens is 202 g/mol. The maximum absolute atomic E-state index is 11.6. The highest BCUT2D eigenvalue weighted by molar-refractivity contribution is 5.94. The minimum atomic E-state index is -0.121. The lowest BCUT2D eigenvalue weighted by atomic mass is 10.1. The molecule has 0 aliphatic heterocycles. The first-order valence-corrected chi connectivity index (χ1v) is 5.50. The third kappa shape index (κ3) is 3.85. The summed E-state index contributed by atoms with van der Waals surface area (Å²) in [5, 5.41) is 2.72. The summed E-state index contributed by atoms with van der Waals surface area (Å²) < 4.78 is 0. The van der Waals surface area contributed by atoms with Crippen molar-refractivity contribution >= 4 is 11.7 Å². The highest BCUT2D eigenvalue weighted by atomic mass is 16.1. The second kappa shape index (κ2) is 6.05. The van der Waals surface area contributed by atoms with Gasteiger partial charge >= 0.3 is 0 Å². The summed E-state index contributed by atoms with van der Waals surface area (Å²) in [6.07, 6.45) is 0.939. The van der Waals surface area contributed by atoms with E-state index >= 15 is 0 Å². The number of benzene rings is 1. The maximum atomic E-state index is 11.6. The molecule has 0 aliphatic rings. The zero-order valence-corrected chi connectivity index (χ0v) is 9.75. The topological polar surface area (TPSA) is 46.2 Å². The molecule has 1 aromatic rings. The normalized spacial score (nSPS) is 9.88. The van der Waals surface area contributed by atoms with E-state index in [4.69, 9.17) is 0 Å². The Morgan fingerprint density at radius 3 is 2.38 bits per heavy atom. The predicted molar refractivity (Wildman–Crippen MR) is 63.4 cm³/mol. The monoisotopic (exact) mass is 219 g/mol. The lowest BCUT2D eigenvalue weighted by Crippen LogP contribution is -2.25. The van der Waals surface area contributed by atoms with Crippen molar-refractivity contribution in [2.75, 3.05) is 6.54 Å². The fourth-order valence-corrected chi connectivity index (χ4v) is 1.30. The van der Waals surface area contributed by atoms with E-state index in [1.165, 1.54) is 0 Å². The average molecular weight is 219 g/mol. The third-order valence-electron chi connectivity index (χ3n) is 2.40. The fraction of sp³-hybridized carbons (Fsp3) is 0.385. The van der Waals surface area contributed by atoms with Gasteiger partial charge in [0.05, 0.1) is 0 Å². The van der Waals surface area contributed by atoms with Crippen LogP contribution in [0.3, 0.4) is 0 Å². The molecule has 1 rings (SSSR count). The molecule has 3 nitrogen and oxygen atoms in total. The van der Waals surface area contributed by atoms with Gasteiger partial charge in [-0.05, 0) is 19.1 Å². The molecule has 1 amide bonds. The second-order valence-corrected chi connectivity index (χ2v) is 3.76. The second-order valence-electron chi connectivity index (χ2n) is 3.76. The summed E-state index contributed by atoms with van der Waals surface area (Å²) in [5.74, 6) is 0.0492. The van der Waals surface area contributed by atoms with Crippen LogP contribution >= 0.6 is 0 Å². The van der Waals surface area contributed by atoms with Crippen LogP contribution in [0.1, 0.15) is 35.7 Å². The van der Waals surface area contributed by atoms with Gasteiger partial charge in [-0.1, -0.05) is 24.6 Å². The first-order chi connectivity index (χ1) is 7.63. The van der Waals surface area contributed by atoms with E-state index in [1.807, 2.05) is 26.0 Å². The Kier molecular flexibility index (Phi) is 4.70. The summed E-state index contributed by atoms with van der Waals surface area (Å²) in [6, 6.07) is 7.36. The van der Waals surface area contributed by atoms with Crippen LogP contribution < -0.4 is 5.32 Å². The first-order valence-electron chi connectivity index (χ1n) is 5.50. The quantitative estimate of drug-likeness (QED) is 0.824. The Balaban J connectivity index is 2.41. The molecule has 0 spiro atoms. The molecule has 0 fully saturated rings. The Morgan fingerprint density at radius 2 is 1.81 bits per heavy atom. The van der Waals surface area contributed by atoms with Crippen LogP contribution in [0.4, 0.5) is 0 Å². The average Bonchev–Trinajstić information content (AvgIpc) is 2.29. The Bertz CT molecular complexity index is 368. The number of hydrogen-bond acceptors (Lipinski definition) is 2. The molecule has 0 atom stereocenters. The van der Waals surface area contributed by atoms with Crippen LogP contribution in [-0.2, 0) is 4.79 Å². The van der Waals surface area contributed by atoms with Gasteiger partial charge in [-0.2, -0.15) is 0 Å². The summed E-state index contributed by atoms with van der Waals surface area (Å²) >= 11 is 0. The van der Waals surface area contributed by atoms with Crippen molar-refractivity contribution in [2.24, 2.45) is 0 Å². The van der Waals surface area contributed by atoms with Crippen LogP contribution in [0.5, 0.6) is 0 Å². The van der Waals surface area contributed by atoms with E-state index in [2.05, 4.69) is 5.32 Å². The maximum Gasteiger partial charge on any atom is 0.251 e. The van der Waals surface area contributed by atoms with Gasteiger partial charge in [0.15, 0.2) is 0 Å². The molecule has 0 unspecified atom stereocenters. The number of rotatable bonds is 5. The molecule has 0 saturated heterocycles. The molecule has 0 saturated carbocycles. The largest absolute Gasteiger partial charge is 0.352 e.